The standard InChI is InChI=1S/C29H35ClF2N4O5/c1-5-6-9-26(41-27-19(16-33)11-18(15-30)12-22(27)35-3)39-25-14-24(40-29(31)32)20(13-21(25)34-2)17-36-10-7-8-23(36)28(37)38-4/h5-6,11-14,23,26,29,34-35H,7-10,15,17H2,1-4H3/b6-5-/t23-,26?/m0/s1. The van der Waals surface area contributed by atoms with Crippen molar-refractivity contribution in [2.45, 2.75) is 57.6 Å². The van der Waals surface area contributed by atoms with Crippen LogP contribution < -0.4 is 24.8 Å². The molecule has 0 aliphatic carbocycles. The summed E-state index contributed by atoms with van der Waals surface area (Å²) in [6.45, 7) is -0.435. The SMILES string of the molecule is C/C=C\CC(Oc1cc(OC(F)F)c(CN2CCC[C@H]2C(=O)OC)cc1NC)Oc1c(C#N)cc(CCl)cc1NC. The monoisotopic (exact) mass is 592 g/mol. The predicted molar refractivity (Wildman–Crippen MR) is 153 cm³/mol. The topological polar surface area (TPSA) is 105 Å². The molecule has 1 fully saturated rings. The van der Waals surface area contributed by atoms with Crippen LogP contribution >= 0.6 is 11.6 Å². The van der Waals surface area contributed by atoms with Crippen molar-refractivity contribution in [3.05, 3.63) is 53.1 Å². The molecule has 9 nitrogen and oxygen atoms in total. The van der Waals surface area contributed by atoms with E-state index in [0.717, 1.165) is 12.0 Å². The number of nitriles is 1. The molecule has 0 radical (unpaired) electrons. The molecular weight excluding hydrogens is 558 g/mol. The molecule has 2 N–H and O–H groups in total. The molecule has 1 unspecified atom stereocenters. The molecule has 2 aromatic carbocycles. The third-order valence-corrected chi connectivity index (χ3v) is 6.93. The summed E-state index contributed by atoms with van der Waals surface area (Å²) in [6, 6.07) is 8.11. The number of halogens is 3. The van der Waals surface area contributed by atoms with Gasteiger partial charge in [0.2, 0.25) is 6.29 Å². The zero-order valence-corrected chi connectivity index (χ0v) is 24.3. The first kappa shape index (κ1) is 31.8. The maximum Gasteiger partial charge on any atom is 0.387 e. The highest BCUT2D eigenvalue weighted by molar-refractivity contribution is 6.17. The lowest BCUT2D eigenvalue weighted by molar-refractivity contribution is -0.146. The Morgan fingerprint density at radius 1 is 1.17 bits per heavy atom. The fourth-order valence-corrected chi connectivity index (χ4v) is 4.82. The van der Waals surface area contributed by atoms with Gasteiger partial charge in [-0.3, -0.25) is 9.69 Å². The van der Waals surface area contributed by atoms with Gasteiger partial charge in [0, 0.05) is 44.6 Å². The predicted octanol–water partition coefficient (Wildman–Crippen LogP) is 5.87. The van der Waals surface area contributed by atoms with Gasteiger partial charge >= 0.3 is 12.6 Å². The number of carbonyl (C=O) groups is 1. The molecule has 1 heterocycles. The Hall–Kier alpha value is -3.75. The van der Waals surface area contributed by atoms with Crippen LogP contribution in [0.3, 0.4) is 0 Å². The van der Waals surface area contributed by atoms with Crippen molar-refractivity contribution in [3.63, 3.8) is 0 Å². The van der Waals surface area contributed by atoms with Crippen LogP contribution in [0.2, 0.25) is 0 Å². The second-order valence-corrected chi connectivity index (χ2v) is 9.49. The first-order chi connectivity index (χ1) is 19.8. The number of carbonyl (C=O) groups excluding carboxylic acids is 1. The highest BCUT2D eigenvalue weighted by Gasteiger charge is 2.32. The third kappa shape index (κ3) is 8.15. The Kier molecular flexibility index (Phi) is 11.9. The summed E-state index contributed by atoms with van der Waals surface area (Å²) in [5.74, 6) is 0.231. The van der Waals surface area contributed by atoms with E-state index in [9.17, 15) is 18.8 Å². The number of alkyl halides is 3. The van der Waals surface area contributed by atoms with Crippen molar-refractivity contribution in [2.24, 2.45) is 0 Å². The number of allylic oxidation sites excluding steroid dienone is 1. The minimum Gasteiger partial charge on any atom is -0.468 e. The Morgan fingerprint density at radius 2 is 1.93 bits per heavy atom. The number of benzene rings is 2. The lowest BCUT2D eigenvalue weighted by Gasteiger charge is -2.26. The maximum absolute atomic E-state index is 13.5. The molecule has 0 aromatic heterocycles. The number of anilines is 2. The smallest absolute Gasteiger partial charge is 0.387 e. The second-order valence-electron chi connectivity index (χ2n) is 9.22. The van der Waals surface area contributed by atoms with Gasteiger partial charge < -0.3 is 29.6 Å². The van der Waals surface area contributed by atoms with Gasteiger partial charge in [-0.05, 0) is 50.1 Å². The number of ether oxygens (including phenoxy) is 4. The van der Waals surface area contributed by atoms with E-state index < -0.39 is 18.9 Å². The summed E-state index contributed by atoms with van der Waals surface area (Å²) >= 11 is 5.99. The number of methoxy groups -OCH3 is 1. The summed E-state index contributed by atoms with van der Waals surface area (Å²) in [5, 5.41) is 15.8. The van der Waals surface area contributed by atoms with Gasteiger partial charge in [-0.2, -0.15) is 14.0 Å². The summed E-state index contributed by atoms with van der Waals surface area (Å²) in [6.07, 6.45) is 4.39. The average Bonchev–Trinajstić information content (AvgIpc) is 3.44. The van der Waals surface area contributed by atoms with Crippen LogP contribution in [-0.4, -0.2) is 57.6 Å². The normalized spacial score (nSPS) is 15.9. The Morgan fingerprint density at radius 3 is 2.54 bits per heavy atom. The first-order valence-electron chi connectivity index (χ1n) is 13.1. The summed E-state index contributed by atoms with van der Waals surface area (Å²) in [5.41, 5.74) is 2.49. The number of likely N-dealkylation sites (tertiary alicyclic amines) is 1. The molecule has 0 spiro atoms. The van der Waals surface area contributed by atoms with Crippen LogP contribution in [0.25, 0.3) is 0 Å². The highest BCUT2D eigenvalue weighted by atomic mass is 35.5. The van der Waals surface area contributed by atoms with Crippen molar-refractivity contribution in [1.82, 2.24) is 4.90 Å². The van der Waals surface area contributed by atoms with E-state index in [1.807, 2.05) is 24.0 Å². The van der Waals surface area contributed by atoms with Crippen molar-refractivity contribution >= 4 is 28.9 Å². The van der Waals surface area contributed by atoms with Gasteiger partial charge in [-0.15, -0.1) is 11.6 Å². The minimum atomic E-state index is -3.08. The molecule has 41 heavy (non-hydrogen) atoms. The summed E-state index contributed by atoms with van der Waals surface area (Å²) in [4.78, 5) is 14.1. The number of hydrogen-bond donors (Lipinski definition) is 2. The number of hydrogen-bond acceptors (Lipinski definition) is 9. The molecule has 0 bridgehead atoms. The van der Waals surface area contributed by atoms with Crippen molar-refractivity contribution in [1.29, 1.82) is 5.26 Å². The molecule has 0 amide bonds. The Balaban J connectivity index is 1.99. The van der Waals surface area contributed by atoms with Gasteiger partial charge in [-0.25, -0.2) is 0 Å². The lowest BCUT2D eigenvalue weighted by Crippen LogP contribution is -2.36. The molecule has 1 aliphatic rings. The molecule has 1 saturated heterocycles. The van der Waals surface area contributed by atoms with E-state index in [1.54, 1.807) is 32.3 Å². The van der Waals surface area contributed by atoms with Crippen LogP contribution in [-0.2, 0) is 22.0 Å². The van der Waals surface area contributed by atoms with Gasteiger partial charge in [0.25, 0.3) is 0 Å². The third-order valence-electron chi connectivity index (χ3n) is 6.62. The molecule has 2 atom stereocenters. The number of rotatable bonds is 14. The zero-order valence-electron chi connectivity index (χ0n) is 23.5. The Labute approximate surface area is 243 Å². The largest absolute Gasteiger partial charge is 0.468 e. The van der Waals surface area contributed by atoms with E-state index in [0.29, 0.717) is 29.9 Å². The lowest BCUT2D eigenvalue weighted by atomic mass is 10.1. The molecule has 222 valence electrons. The van der Waals surface area contributed by atoms with Gasteiger partial charge in [0.1, 0.15) is 17.9 Å². The fraction of sp³-hybridized carbons (Fsp3) is 0.448. The number of nitrogens with one attached hydrogen (secondary N) is 2. The summed E-state index contributed by atoms with van der Waals surface area (Å²) in [7, 11) is 4.69. The van der Waals surface area contributed by atoms with Crippen LogP contribution in [0.4, 0.5) is 20.2 Å². The van der Waals surface area contributed by atoms with Crippen LogP contribution in [0.5, 0.6) is 17.2 Å². The Bertz CT molecular complexity index is 1270. The van der Waals surface area contributed by atoms with Crippen molar-refractivity contribution in [2.75, 3.05) is 38.4 Å². The molecule has 12 heteroatoms. The second kappa shape index (κ2) is 15.3. The summed E-state index contributed by atoms with van der Waals surface area (Å²) < 4.78 is 49.2. The van der Waals surface area contributed by atoms with Gasteiger partial charge in [-0.1, -0.05) is 12.2 Å². The molecule has 0 saturated carbocycles. The van der Waals surface area contributed by atoms with Crippen LogP contribution in [0, 0.1) is 11.3 Å². The number of esters is 1. The fourth-order valence-electron chi connectivity index (χ4n) is 4.67. The molecule has 3 rings (SSSR count). The number of nitrogens with zero attached hydrogens (tertiary/aromatic N) is 2. The van der Waals surface area contributed by atoms with E-state index in [1.165, 1.54) is 13.2 Å². The molecular formula is C29H35ClF2N4O5. The van der Waals surface area contributed by atoms with E-state index in [2.05, 4.69) is 16.7 Å². The highest BCUT2D eigenvalue weighted by Crippen LogP contribution is 2.38. The molecule has 1 aliphatic heterocycles. The molecule has 2 aromatic rings. The minimum absolute atomic E-state index is 0.0885. The van der Waals surface area contributed by atoms with Crippen molar-refractivity contribution in [3.8, 4) is 23.3 Å². The van der Waals surface area contributed by atoms with Gasteiger partial charge in [0.15, 0.2) is 11.5 Å². The van der Waals surface area contributed by atoms with Crippen LogP contribution in [0.1, 0.15) is 42.9 Å². The maximum atomic E-state index is 13.5. The quantitative estimate of drug-likeness (QED) is 0.121. The van der Waals surface area contributed by atoms with E-state index >= 15 is 0 Å². The van der Waals surface area contributed by atoms with E-state index in [4.69, 9.17) is 30.5 Å². The van der Waals surface area contributed by atoms with Crippen LogP contribution in [0.15, 0.2) is 36.4 Å². The average molecular weight is 593 g/mol. The van der Waals surface area contributed by atoms with Crippen molar-refractivity contribution < 1.29 is 32.5 Å². The first-order valence-corrected chi connectivity index (χ1v) is 13.7. The van der Waals surface area contributed by atoms with Gasteiger partial charge in [0.05, 0.1) is 24.0 Å². The van der Waals surface area contributed by atoms with E-state index in [-0.39, 0.29) is 47.6 Å². The zero-order chi connectivity index (χ0) is 29.9.